The number of urea groups is 1. The highest BCUT2D eigenvalue weighted by atomic mass is 32.2. The van der Waals surface area contributed by atoms with E-state index < -0.39 is 5.97 Å². The zero-order chi connectivity index (χ0) is 15.5. The number of hydrogen-bond donors (Lipinski definition) is 2. The minimum atomic E-state index is -1.03. The van der Waals surface area contributed by atoms with Crippen molar-refractivity contribution in [2.75, 3.05) is 24.2 Å². The molecule has 2 N–H and O–H groups in total. The molecule has 1 aliphatic rings. The maximum Gasteiger partial charge on any atom is 0.323 e. The second-order valence-electron chi connectivity index (χ2n) is 5.36. The van der Waals surface area contributed by atoms with E-state index in [0.717, 1.165) is 18.4 Å². The minimum Gasteiger partial charge on any atom is -0.480 e. The van der Waals surface area contributed by atoms with Gasteiger partial charge in [0, 0.05) is 17.0 Å². The zero-order valence-electron chi connectivity index (χ0n) is 12.3. The van der Waals surface area contributed by atoms with Crippen molar-refractivity contribution in [1.82, 2.24) is 5.32 Å². The number of nitrogens with zero attached hydrogens (tertiary/aromatic N) is 1. The summed E-state index contributed by atoms with van der Waals surface area (Å²) < 4.78 is 0.151. The highest BCUT2D eigenvalue weighted by Gasteiger charge is 2.42. The summed E-state index contributed by atoms with van der Waals surface area (Å²) in [6.07, 6.45) is 4.23. The lowest BCUT2D eigenvalue weighted by Crippen LogP contribution is -2.45. The molecule has 0 aliphatic heterocycles. The minimum absolute atomic E-state index is 0.151. The van der Waals surface area contributed by atoms with Crippen molar-refractivity contribution in [1.29, 1.82) is 0 Å². The largest absolute Gasteiger partial charge is 0.480 e. The summed E-state index contributed by atoms with van der Waals surface area (Å²) in [5.74, 6) is -1.03. The van der Waals surface area contributed by atoms with Gasteiger partial charge in [-0.05, 0) is 38.2 Å². The van der Waals surface area contributed by atoms with E-state index in [-0.39, 0.29) is 17.3 Å². The van der Waals surface area contributed by atoms with Crippen LogP contribution >= 0.6 is 11.8 Å². The van der Waals surface area contributed by atoms with Crippen LogP contribution in [-0.2, 0) is 4.79 Å². The van der Waals surface area contributed by atoms with Crippen molar-refractivity contribution in [3.63, 3.8) is 0 Å². The first-order valence-corrected chi connectivity index (χ1v) is 8.07. The van der Waals surface area contributed by atoms with Gasteiger partial charge < -0.3 is 10.4 Å². The predicted molar refractivity (Wildman–Crippen MR) is 85.0 cm³/mol. The molecule has 0 atom stereocenters. The number of hydrogen-bond acceptors (Lipinski definition) is 3. The third kappa shape index (κ3) is 4.14. The first-order chi connectivity index (χ1) is 9.96. The van der Waals surface area contributed by atoms with Crippen LogP contribution in [0, 0.1) is 6.92 Å². The number of rotatable bonds is 6. The van der Waals surface area contributed by atoms with Crippen molar-refractivity contribution in [2.24, 2.45) is 0 Å². The van der Waals surface area contributed by atoms with E-state index >= 15 is 0 Å². The summed E-state index contributed by atoms with van der Waals surface area (Å²) in [6.45, 7) is 2.18. The molecule has 114 valence electrons. The van der Waals surface area contributed by atoms with Crippen LogP contribution in [-0.4, -0.2) is 41.2 Å². The monoisotopic (exact) mass is 308 g/mol. The number of amides is 2. The first kappa shape index (κ1) is 15.7. The number of carbonyl (C=O) groups is 2. The predicted octanol–water partition coefficient (Wildman–Crippen LogP) is 2.49. The molecule has 1 aromatic rings. The van der Waals surface area contributed by atoms with Crippen LogP contribution < -0.4 is 10.2 Å². The summed E-state index contributed by atoms with van der Waals surface area (Å²) in [5.41, 5.74) is 1.66. The van der Waals surface area contributed by atoms with Crippen LogP contribution in [0.2, 0.25) is 0 Å². The van der Waals surface area contributed by atoms with Gasteiger partial charge in [0.1, 0.15) is 6.54 Å². The van der Waals surface area contributed by atoms with Gasteiger partial charge in [0.2, 0.25) is 0 Å². The Morgan fingerprint density at radius 1 is 1.33 bits per heavy atom. The molecule has 2 amide bonds. The molecule has 0 aromatic heterocycles. The molecular formula is C15H20N2O3S. The van der Waals surface area contributed by atoms with E-state index in [1.807, 2.05) is 25.3 Å². The van der Waals surface area contributed by atoms with Gasteiger partial charge in [-0.1, -0.05) is 17.7 Å². The van der Waals surface area contributed by atoms with E-state index in [9.17, 15) is 9.59 Å². The number of benzene rings is 1. The maximum absolute atomic E-state index is 12.3. The van der Waals surface area contributed by atoms with Gasteiger partial charge >= 0.3 is 12.0 Å². The fourth-order valence-electron chi connectivity index (χ4n) is 2.06. The van der Waals surface area contributed by atoms with E-state index in [0.29, 0.717) is 12.2 Å². The molecule has 1 aromatic carbocycles. The van der Waals surface area contributed by atoms with Crippen molar-refractivity contribution in [2.45, 2.75) is 24.5 Å². The molecule has 5 nitrogen and oxygen atoms in total. The number of carboxylic acids is 1. The van der Waals surface area contributed by atoms with Gasteiger partial charge in [-0.3, -0.25) is 9.69 Å². The lowest BCUT2D eigenvalue weighted by molar-refractivity contribution is -0.135. The number of thioether (sulfide) groups is 1. The Morgan fingerprint density at radius 2 is 1.95 bits per heavy atom. The number of aliphatic carboxylic acids is 1. The lowest BCUT2D eigenvalue weighted by Gasteiger charge is -2.23. The molecule has 1 aliphatic carbocycles. The topological polar surface area (TPSA) is 69.6 Å². The standard InChI is InChI=1S/C15H20N2O3S/c1-11-3-5-12(6-4-11)17(9-13(18)19)14(20)16-10-15(21-2)7-8-15/h3-6H,7-10H2,1-2H3,(H,16,20)(H,18,19). The quantitative estimate of drug-likeness (QED) is 0.847. The second kappa shape index (κ2) is 6.39. The fraction of sp³-hybridized carbons (Fsp3) is 0.467. The van der Waals surface area contributed by atoms with Crippen LogP contribution in [0.15, 0.2) is 24.3 Å². The van der Waals surface area contributed by atoms with E-state index in [1.54, 1.807) is 23.9 Å². The van der Waals surface area contributed by atoms with Gasteiger partial charge in [0.15, 0.2) is 0 Å². The maximum atomic E-state index is 12.3. The number of aryl methyl sites for hydroxylation is 1. The molecule has 1 fully saturated rings. The molecular weight excluding hydrogens is 288 g/mol. The molecule has 21 heavy (non-hydrogen) atoms. The van der Waals surface area contributed by atoms with Crippen LogP contribution in [0.4, 0.5) is 10.5 Å². The summed E-state index contributed by atoms with van der Waals surface area (Å²) >= 11 is 1.75. The molecule has 0 spiro atoms. The Bertz CT molecular complexity index is 526. The summed E-state index contributed by atoms with van der Waals surface area (Å²) in [6, 6.07) is 6.89. The molecule has 2 rings (SSSR count). The summed E-state index contributed by atoms with van der Waals surface area (Å²) in [5, 5.41) is 11.9. The van der Waals surface area contributed by atoms with Crippen LogP contribution in [0.5, 0.6) is 0 Å². The van der Waals surface area contributed by atoms with Crippen LogP contribution in [0.1, 0.15) is 18.4 Å². The van der Waals surface area contributed by atoms with Gasteiger partial charge in [0.25, 0.3) is 0 Å². The molecule has 0 bridgehead atoms. The molecule has 0 saturated heterocycles. The second-order valence-corrected chi connectivity index (χ2v) is 6.64. The van der Waals surface area contributed by atoms with Gasteiger partial charge in [-0.15, -0.1) is 0 Å². The Labute approximate surface area is 128 Å². The Morgan fingerprint density at radius 3 is 2.43 bits per heavy atom. The number of carboxylic acid groups (broad SMARTS) is 1. The lowest BCUT2D eigenvalue weighted by atomic mass is 10.2. The van der Waals surface area contributed by atoms with E-state index in [2.05, 4.69) is 5.32 Å². The van der Waals surface area contributed by atoms with Crippen molar-refractivity contribution in [3.05, 3.63) is 29.8 Å². The number of nitrogens with one attached hydrogen (secondary N) is 1. The van der Waals surface area contributed by atoms with Gasteiger partial charge in [-0.25, -0.2) is 4.79 Å². The highest BCUT2D eigenvalue weighted by Crippen LogP contribution is 2.46. The van der Waals surface area contributed by atoms with Gasteiger partial charge in [0.05, 0.1) is 0 Å². The average molecular weight is 308 g/mol. The van der Waals surface area contributed by atoms with Gasteiger partial charge in [-0.2, -0.15) is 11.8 Å². The smallest absolute Gasteiger partial charge is 0.323 e. The highest BCUT2D eigenvalue weighted by molar-refractivity contribution is 8.00. The average Bonchev–Trinajstić information content (AvgIpc) is 3.24. The normalized spacial score (nSPS) is 15.3. The fourth-order valence-corrected chi connectivity index (χ4v) is 2.79. The number of anilines is 1. The summed E-state index contributed by atoms with van der Waals surface area (Å²) in [7, 11) is 0. The number of carbonyl (C=O) groups excluding carboxylic acids is 1. The Hall–Kier alpha value is -1.69. The third-order valence-electron chi connectivity index (χ3n) is 3.69. The zero-order valence-corrected chi connectivity index (χ0v) is 13.1. The SMILES string of the molecule is CSC1(CNC(=O)N(CC(=O)O)c2ccc(C)cc2)CC1. The van der Waals surface area contributed by atoms with E-state index in [4.69, 9.17) is 5.11 Å². The van der Waals surface area contributed by atoms with Crippen LogP contribution in [0.25, 0.3) is 0 Å². The molecule has 0 unspecified atom stereocenters. The van der Waals surface area contributed by atoms with Crippen molar-refractivity contribution >= 4 is 29.4 Å². The van der Waals surface area contributed by atoms with Crippen LogP contribution in [0.3, 0.4) is 0 Å². The van der Waals surface area contributed by atoms with Crippen molar-refractivity contribution < 1.29 is 14.7 Å². The summed E-state index contributed by atoms with van der Waals surface area (Å²) in [4.78, 5) is 24.6. The molecule has 6 heteroatoms. The molecule has 1 saturated carbocycles. The molecule has 0 radical (unpaired) electrons. The molecule has 0 heterocycles. The Balaban J connectivity index is 2.06. The third-order valence-corrected chi connectivity index (χ3v) is 5.11. The van der Waals surface area contributed by atoms with Crippen molar-refractivity contribution in [3.8, 4) is 0 Å². The first-order valence-electron chi connectivity index (χ1n) is 6.85. The van der Waals surface area contributed by atoms with E-state index in [1.165, 1.54) is 4.90 Å². The Kier molecular flexibility index (Phi) is 4.77.